The Morgan fingerprint density at radius 1 is 1.50 bits per heavy atom. The molecule has 0 aliphatic rings. The fourth-order valence-corrected chi connectivity index (χ4v) is 0. The van der Waals surface area contributed by atoms with Gasteiger partial charge in [0.15, 0.2) is 0 Å². The predicted octanol–water partition coefficient (Wildman–Crippen LogP) is -0.926. The Bertz CT molecular complexity index is 80.1. The van der Waals surface area contributed by atoms with Crippen LogP contribution in [0.4, 0.5) is 0 Å². The molecule has 4 nitrogen and oxygen atoms in total. The van der Waals surface area contributed by atoms with Gasteiger partial charge in [0.05, 0.1) is 0 Å². The van der Waals surface area contributed by atoms with Crippen molar-refractivity contribution in [1.29, 1.82) is 0 Å². The third kappa shape index (κ3) is 15.7. The van der Waals surface area contributed by atoms with Crippen molar-refractivity contribution in [3.8, 4) is 0 Å². The first-order chi connectivity index (χ1) is 2.56. The maximum atomic E-state index is 9.47. The second-order valence-electron chi connectivity index (χ2n) is 0.673. The molecule has 0 fully saturated rings. The summed E-state index contributed by atoms with van der Waals surface area (Å²) in [7, 11) is -3.20. The molecule has 0 aromatic rings. The van der Waals surface area contributed by atoms with Crippen LogP contribution < -0.4 is 0 Å². The van der Waals surface area contributed by atoms with Gasteiger partial charge >= 0.3 is 37.4 Å². The molecule has 0 spiro atoms. The smallest absolute Gasteiger partial charge is 0 e. The average molecular weight is 184 g/mol. The zero-order valence-electron chi connectivity index (χ0n) is 3.66. The molecule has 0 unspecified atom stereocenters. The van der Waals surface area contributed by atoms with Crippen molar-refractivity contribution in [2.45, 2.75) is 0 Å². The van der Waals surface area contributed by atoms with Gasteiger partial charge in [-0.15, -0.1) is 0 Å². The standard InChI is InChI=1S/CH5O4P.Na.Ti.H/c1-5-6(2,3)4;;;/h1H3,(H2,2,3,4);;;. The van der Waals surface area contributed by atoms with E-state index in [1.807, 2.05) is 0 Å². The van der Waals surface area contributed by atoms with Gasteiger partial charge < -0.3 is 9.79 Å². The molecule has 0 atom stereocenters. The van der Waals surface area contributed by atoms with Crippen molar-refractivity contribution in [2.75, 3.05) is 7.11 Å². The van der Waals surface area contributed by atoms with Crippen LogP contribution in [0.2, 0.25) is 0 Å². The zero-order chi connectivity index (χ0) is 5.21. The monoisotopic (exact) mass is 184 g/mol. The molecule has 2 N–H and O–H groups in total. The van der Waals surface area contributed by atoms with Gasteiger partial charge in [-0.25, -0.2) is 4.57 Å². The number of hydrogen-bond donors (Lipinski definition) is 2. The van der Waals surface area contributed by atoms with Crippen molar-refractivity contribution < 1.29 is 40.6 Å². The van der Waals surface area contributed by atoms with Gasteiger partial charge in [-0.1, -0.05) is 0 Å². The van der Waals surface area contributed by atoms with E-state index in [2.05, 4.69) is 4.52 Å². The van der Waals surface area contributed by atoms with E-state index < -0.39 is 7.82 Å². The van der Waals surface area contributed by atoms with Crippen molar-refractivity contribution in [2.24, 2.45) is 0 Å². The summed E-state index contributed by atoms with van der Waals surface area (Å²) in [6, 6.07) is 0. The number of hydrogen-bond acceptors (Lipinski definition) is 2. The predicted molar refractivity (Wildman–Crippen MR) is 26.2 cm³/mol. The van der Waals surface area contributed by atoms with Crippen molar-refractivity contribution in [1.82, 2.24) is 0 Å². The summed E-state index contributed by atoms with van der Waals surface area (Å²) in [5.41, 5.74) is 0. The molecule has 0 bridgehead atoms. The van der Waals surface area contributed by atoms with Gasteiger partial charge in [0, 0.05) is 28.8 Å². The van der Waals surface area contributed by atoms with Crippen LogP contribution in [0.25, 0.3) is 0 Å². The first-order valence-corrected chi connectivity index (χ1v) is 2.70. The van der Waals surface area contributed by atoms with E-state index in [4.69, 9.17) is 9.79 Å². The van der Waals surface area contributed by atoms with E-state index in [9.17, 15) is 4.57 Å². The Morgan fingerprint density at radius 2 is 1.62 bits per heavy atom. The SMILES string of the molecule is COP(=O)(O)O.[NaH].[Ti]. The van der Waals surface area contributed by atoms with Gasteiger partial charge in [-0.05, 0) is 0 Å². The molecule has 0 saturated heterocycles. The van der Waals surface area contributed by atoms with E-state index in [-0.39, 0.29) is 51.3 Å². The Morgan fingerprint density at radius 3 is 1.62 bits per heavy atom. The fourth-order valence-electron chi connectivity index (χ4n) is 0. The first-order valence-electron chi connectivity index (χ1n) is 1.17. The maximum Gasteiger partial charge on any atom is 0 e. The summed E-state index contributed by atoms with van der Waals surface area (Å²) < 4.78 is 13.1. The molecule has 0 heterocycles. The molecule has 0 rings (SSSR count). The molecular weight excluding hydrogens is 178 g/mol. The number of phosphoric acid groups is 1. The second kappa shape index (κ2) is 6.94. The number of rotatable bonds is 1. The summed E-state index contributed by atoms with van der Waals surface area (Å²) in [6.07, 6.45) is 0. The van der Waals surface area contributed by atoms with Crippen LogP contribution in [-0.4, -0.2) is 46.5 Å². The molecule has 7 heteroatoms. The largest absolute Gasteiger partial charge is 0 e. The molecule has 0 aliphatic heterocycles. The maximum absolute atomic E-state index is 9.47. The van der Waals surface area contributed by atoms with Crippen molar-refractivity contribution in [3.05, 3.63) is 0 Å². The van der Waals surface area contributed by atoms with Gasteiger partial charge in [-0.3, -0.25) is 4.52 Å². The molecule has 0 saturated carbocycles. The minimum absolute atomic E-state index is 0. The molecule has 44 valence electrons. The Hall–Kier alpha value is 1.82. The fraction of sp³-hybridized carbons (Fsp3) is 1.00. The quantitative estimate of drug-likeness (QED) is 0.408. The number of phosphoric ester groups is 1. The normalized spacial score (nSPS) is 8.88. The van der Waals surface area contributed by atoms with Crippen LogP contribution in [0.5, 0.6) is 0 Å². The van der Waals surface area contributed by atoms with Crippen LogP contribution in [0.3, 0.4) is 0 Å². The Balaban J connectivity index is -0.000000125. The molecular formula is CH6NaO4PTi. The summed E-state index contributed by atoms with van der Waals surface area (Å²) in [5.74, 6) is 0. The summed E-state index contributed by atoms with van der Waals surface area (Å²) in [6.45, 7) is 0. The second-order valence-corrected chi connectivity index (χ2v) is 2.02. The topological polar surface area (TPSA) is 66.8 Å². The van der Waals surface area contributed by atoms with Crippen LogP contribution in [0.15, 0.2) is 0 Å². The van der Waals surface area contributed by atoms with E-state index in [0.717, 1.165) is 7.11 Å². The zero-order valence-corrected chi connectivity index (χ0v) is 6.11. The summed E-state index contributed by atoms with van der Waals surface area (Å²) in [5, 5.41) is 0. The van der Waals surface area contributed by atoms with Gasteiger partial charge in [0.25, 0.3) is 0 Å². The van der Waals surface area contributed by atoms with Crippen molar-refractivity contribution in [3.63, 3.8) is 0 Å². The van der Waals surface area contributed by atoms with Gasteiger partial charge in [-0.2, -0.15) is 0 Å². The molecule has 0 aromatic heterocycles. The van der Waals surface area contributed by atoms with Gasteiger partial charge in [0.1, 0.15) is 0 Å². The van der Waals surface area contributed by atoms with Crippen LogP contribution in [0.1, 0.15) is 0 Å². The molecule has 0 amide bonds. The molecule has 0 aromatic carbocycles. The molecule has 0 radical (unpaired) electrons. The van der Waals surface area contributed by atoms with Gasteiger partial charge in [0.2, 0.25) is 0 Å². The van der Waals surface area contributed by atoms with E-state index >= 15 is 0 Å². The minimum Gasteiger partial charge on any atom is 0 e. The summed E-state index contributed by atoms with van der Waals surface area (Å²) >= 11 is 0. The van der Waals surface area contributed by atoms with Crippen LogP contribution in [-0.2, 0) is 30.8 Å². The third-order valence-electron chi connectivity index (χ3n) is 0.238. The Kier molecular flexibility index (Phi) is 14.2. The van der Waals surface area contributed by atoms with Crippen molar-refractivity contribution >= 4 is 37.4 Å². The van der Waals surface area contributed by atoms with E-state index in [0.29, 0.717) is 0 Å². The summed E-state index contributed by atoms with van der Waals surface area (Å²) in [4.78, 5) is 15.4. The Labute approximate surface area is 84.4 Å². The van der Waals surface area contributed by atoms with Crippen LogP contribution in [0, 0.1) is 0 Å². The molecule has 8 heavy (non-hydrogen) atoms. The third-order valence-corrected chi connectivity index (χ3v) is 0.714. The average Bonchev–Trinajstić information content (AvgIpc) is 1.35. The van der Waals surface area contributed by atoms with Crippen LogP contribution >= 0.6 is 7.82 Å². The van der Waals surface area contributed by atoms with E-state index in [1.54, 1.807) is 0 Å². The van der Waals surface area contributed by atoms with E-state index in [1.165, 1.54) is 0 Å². The molecule has 0 aliphatic carbocycles. The first kappa shape index (κ1) is 16.4. The minimum atomic E-state index is -4.15.